The Bertz CT molecular complexity index is 632. The summed E-state index contributed by atoms with van der Waals surface area (Å²) in [5, 5.41) is 10.3. The van der Waals surface area contributed by atoms with Crippen LogP contribution in [0.1, 0.15) is 24.2 Å². The summed E-state index contributed by atoms with van der Waals surface area (Å²) >= 11 is 3.33. The van der Waals surface area contributed by atoms with Gasteiger partial charge in [-0.2, -0.15) is 0 Å². The van der Waals surface area contributed by atoms with Gasteiger partial charge in [-0.1, -0.05) is 28.1 Å². The van der Waals surface area contributed by atoms with E-state index in [1.54, 1.807) is 18.2 Å². The minimum Gasteiger partial charge on any atom is -0.493 e. The SMILES string of the molecule is CCOc1ccc(Br)cc1C(O)Cc1cccc(F)c1F. The summed E-state index contributed by atoms with van der Waals surface area (Å²) in [5.41, 5.74) is 0.666. The van der Waals surface area contributed by atoms with Crippen LogP contribution in [0.5, 0.6) is 5.75 Å². The maximum Gasteiger partial charge on any atom is 0.162 e. The number of benzene rings is 2. The first-order valence-corrected chi connectivity index (χ1v) is 7.35. The molecule has 0 radical (unpaired) electrons. The van der Waals surface area contributed by atoms with Crippen molar-refractivity contribution >= 4 is 15.9 Å². The lowest BCUT2D eigenvalue weighted by Gasteiger charge is -2.16. The average Bonchev–Trinajstić information content (AvgIpc) is 2.46. The number of hydrogen-bond acceptors (Lipinski definition) is 2. The van der Waals surface area contributed by atoms with E-state index in [2.05, 4.69) is 15.9 Å². The molecule has 1 N–H and O–H groups in total. The van der Waals surface area contributed by atoms with Crippen LogP contribution in [-0.2, 0) is 6.42 Å². The molecule has 0 aliphatic carbocycles. The number of aliphatic hydroxyl groups excluding tert-OH is 1. The van der Waals surface area contributed by atoms with Gasteiger partial charge in [0.05, 0.1) is 12.7 Å². The van der Waals surface area contributed by atoms with Crippen molar-refractivity contribution in [1.82, 2.24) is 0 Å². The Morgan fingerprint density at radius 2 is 2.00 bits per heavy atom. The lowest BCUT2D eigenvalue weighted by atomic mass is 10.00. The molecule has 2 nitrogen and oxygen atoms in total. The Morgan fingerprint density at radius 1 is 1.24 bits per heavy atom. The van der Waals surface area contributed by atoms with Gasteiger partial charge in [0, 0.05) is 16.5 Å². The molecule has 0 saturated carbocycles. The van der Waals surface area contributed by atoms with Crippen LogP contribution in [0.15, 0.2) is 40.9 Å². The van der Waals surface area contributed by atoms with Crippen molar-refractivity contribution in [2.24, 2.45) is 0 Å². The van der Waals surface area contributed by atoms with Crippen LogP contribution in [0.4, 0.5) is 8.78 Å². The van der Waals surface area contributed by atoms with E-state index >= 15 is 0 Å². The minimum atomic E-state index is -0.986. The molecule has 1 atom stereocenters. The highest BCUT2D eigenvalue weighted by Gasteiger charge is 2.18. The number of halogens is 3. The lowest BCUT2D eigenvalue weighted by molar-refractivity contribution is 0.170. The molecule has 0 spiro atoms. The van der Waals surface area contributed by atoms with Crippen molar-refractivity contribution in [2.75, 3.05) is 6.61 Å². The molecule has 2 aromatic rings. The lowest BCUT2D eigenvalue weighted by Crippen LogP contribution is -2.07. The molecule has 2 rings (SSSR count). The molecule has 1 unspecified atom stereocenters. The molecule has 0 aromatic heterocycles. The fraction of sp³-hybridized carbons (Fsp3) is 0.250. The van der Waals surface area contributed by atoms with Gasteiger partial charge in [0.2, 0.25) is 0 Å². The van der Waals surface area contributed by atoms with E-state index in [-0.39, 0.29) is 12.0 Å². The summed E-state index contributed by atoms with van der Waals surface area (Å²) in [4.78, 5) is 0. The largest absolute Gasteiger partial charge is 0.493 e. The Hall–Kier alpha value is -1.46. The van der Waals surface area contributed by atoms with Gasteiger partial charge in [0.1, 0.15) is 5.75 Å². The van der Waals surface area contributed by atoms with Crippen molar-refractivity contribution in [1.29, 1.82) is 0 Å². The van der Waals surface area contributed by atoms with E-state index in [1.807, 2.05) is 6.92 Å². The number of rotatable bonds is 5. The smallest absolute Gasteiger partial charge is 0.162 e. The minimum absolute atomic E-state index is 0.0277. The van der Waals surface area contributed by atoms with Crippen molar-refractivity contribution in [3.8, 4) is 5.75 Å². The van der Waals surface area contributed by atoms with Crippen molar-refractivity contribution < 1.29 is 18.6 Å². The average molecular weight is 357 g/mol. The van der Waals surface area contributed by atoms with Gasteiger partial charge in [-0.15, -0.1) is 0 Å². The standard InChI is InChI=1S/C16H15BrF2O2/c1-2-21-15-7-6-11(17)9-12(15)14(20)8-10-4-3-5-13(18)16(10)19/h3-7,9,14,20H,2,8H2,1H3. The zero-order chi connectivity index (χ0) is 15.4. The highest BCUT2D eigenvalue weighted by atomic mass is 79.9. The third-order valence-electron chi connectivity index (χ3n) is 3.08. The van der Waals surface area contributed by atoms with Crippen molar-refractivity contribution in [2.45, 2.75) is 19.4 Å². The fourth-order valence-corrected chi connectivity index (χ4v) is 2.47. The Balaban J connectivity index is 2.29. The molecule has 0 bridgehead atoms. The second-order valence-electron chi connectivity index (χ2n) is 4.55. The van der Waals surface area contributed by atoms with Crippen LogP contribution >= 0.6 is 15.9 Å². The quantitative estimate of drug-likeness (QED) is 0.860. The third-order valence-corrected chi connectivity index (χ3v) is 3.57. The molecule has 0 aliphatic heterocycles. The number of ether oxygens (including phenoxy) is 1. The van der Waals surface area contributed by atoms with E-state index in [0.29, 0.717) is 17.9 Å². The number of aliphatic hydroxyl groups is 1. The van der Waals surface area contributed by atoms with Gasteiger partial charge in [-0.05, 0) is 36.8 Å². The van der Waals surface area contributed by atoms with Crippen LogP contribution in [0.3, 0.4) is 0 Å². The highest BCUT2D eigenvalue weighted by molar-refractivity contribution is 9.10. The van der Waals surface area contributed by atoms with Crippen LogP contribution in [0, 0.1) is 11.6 Å². The fourth-order valence-electron chi connectivity index (χ4n) is 2.09. The van der Waals surface area contributed by atoms with Crippen LogP contribution < -0.4 is 4.74 Å². The molecule has 0 saturated heterocycles. The van der Waals surface area contributed by atoms with E-state index in [4.69, 9.17) is 4.74 Å². The molecule has 21 heavy (non-hydrogen) atoms. The summed E-state index contributed by atoms with van der Waals surface area (Å²) in [6.45, 7) is 2.29. The first-order valence-electron chi connectivity index (χ1n) is 6.56. The Morgan fingerprint density at radius 3 is 2.71 bits per heavy atom. The van der Waals surface area contributed by atoms with Crippen LogP contribution in [-0.4, -0.2) is 11.7 Å². The first-order chi connectivity index (χ1) is 10.0. The second-order valence-corrected chi connectivity index (χ2v) is 5.46. The summed E-state index contributed by atoms with van der Waals surface area (Å²) in [5.74, 6) is -1.31. The van der Waals surface area contributed by atoms with E-state index in [1.165, 1.54) is 12.1 Å². The number of hydrogen-bond donors (Lipinski definition) is 1. The zero-order valence-electron chi connectivity index (χ0n) is 11.4. The van der Waals surface area contributed by atoms with E-state index in [9.17, 15) is 13.9 Å². The van der Waals surface area contributed by atoms with Crippen molar-refractivity contribution in [3.63, 3.8) is 0 Å². The summed E-state index contributed by atoms with van der Waals surface area (Å²) in [6, 6.07) is 9.17. The maximum atomic E-state index is 13.7. The highest BCUT2D eigenvalue weighted by Crippen LogP contribution is 2.31. The molecule has 0 amide bonds. The van der Waals surface area contributed by atoms with Crippen LogP contribution in [0.25, 0.3) is 0 Å². The summed E-state index contributed by atoms with van der Waals surface area (Å²) in [6.07, 6.45) is -1.01. The summed E-state index contributed by atoms with van der Waals surface area (Å²) < 4.78 is 33.1. The van der Waals surface area contributed by atoms with Crippen molar-refractivity contribution in [3.05, 3.63) is 63.6 Å². The van der Waals surface area contributed by atoms with Gasteiger partial charge in [0.25, 0.3) is 0 Å². The Kier molecular flexibility index (Phi) is 5.31. The molecule has 0 aliphatic rings. The van der Waals surface area contributed by atoms with Gasteiger partial charge in [-0.3, -0.25) is 0 Å². The topological polar surface area (TPSA) is 29.5 Å². The molecule has 112 valence electrons. The predicted molar refractivity (Wildman–Crippen MR) is 80.3 cm³/mol. The molecule has 0 fully saturated rings. The molecule has 5 heteroatoms. The predicted octanol–water partition coefficient (Wildman–Crippen LogP) is 4.40. The maximum absolute atomic E-state index is 13.7. The van der Waals surface area contributed by atoms with Gasteiger partial charge >= 0.3 is 0 Å². The first kappa shape index (κ1) is 15.9. The molecular weight excluding hydrogens is 342 g/mol. The van der Waals surface area contributed by atoms with E-state index in [0.717, 1.165) is 10.5 Å². The van der Waals surface area contributed by atoms with Crippen LogP contribution in [0.2, 0.25) is 0 Å². The molecular formula is C16H15BrF2O2. The third kappa shape index (κ3) is 3.80. The van der Waals surface area contributed by atoms with E-state index < -0.39 is 17.7 Å². The molecule has 2 aromatic carbocycles. The second kappa shape index (κ2) is 7.00. The van der Waals surface area contributed by atoms with Gasteiger partial charge in [-0.25, -0.2) is 8.78 Å². The summed E-state index contributed by atoms with van der Waals surface area (Å²) in [7, 11) is 0. The van der Waals surface area contributed by atoms with Gasteiger partial charge in [0.15, 0.2) is 11.6 Å². The monoisotopic (exact) mass is 356 g/mol. The van der Waals surface area contributed by atoms with Gasteiger partial charge < -0.3 is 9.84 Å². The Labute approximate surface area is 130 Å². The normalized spacial score (nSPS) is 12.2. The molecule has 0 heterocycles. The zero-order valence-corrected chi connectivity index (χ0v) is 13.0.